The third-order valence-electron chi connectivity index (χ3n) is 3.35. The molecule has 0 saturated carbocycles. The number of hydrogen-bond donors (Lipinski definition) is 2. The highest BCUT2D eigenvalue weighted by Gasteiger charge is 2.12. The van der Waals surface area contributed by atoms with Gasteiger partial charge in [-0.3, -0.25) is 14.4 Å². The van der Waals surface area contributed by atoms with E-state index in [0.29, 0.717) is 26.9 Å². The van der Waals surface area contributed by atoms with Crippen molar-refractivity contribution in [1.29, 1.82) is 0 Å². The van der Waals surface area contributed by atoms with Crippen LogP contribution in [0.1, 0.15) is 15.9 Å². The molecule has 0 unspecified atom stereocenters. The van der Waals surface area contributed by atoms with E-state index >= 15 is 0 Å². The van der Waals surface area contributed by atoms with E-state index in [1.165, 1.54) is 19.2 Å². The Bertz CT molecular complexity index is 840. The molecule has 26 heavy (non-hydrogen) atoms. The van der Waals surface area contributed by atoms with Crippen LogP contribution >= 0.6 is 23.2 Å². The van der Waals surface area contributed by atoms with E-state index in [-0.39, 0.29) is 12.3 Å². The minimum atomic E-state index is -0.594. The second kappa shape index (κ2) is 9.22. The molecule has 0 aliphatic carbocycles. The Morgan fingerprint density at radius 3 is 2.54 bits per heavy atom. The summed E-state index contributed by atoms with van der Waals surface area (Å²) in [6.45, 7) is -0.450. The highest BCUT2D eigenvalue weighted by Crippen LogP contribution is 2.21. The van der Waals surface area contributed by atoms with Gasteiger partial charge < -0.3 is 15.4 Å². The predicted molar refractivity (Wildman–Crippen MR) is 99.6 cm³/mol. The topological polar surface area (TPSA) is 84.5 Å². The van der Waals surface area contributed by atoms with Crippen molar-refractivity contribution < 1.29 is 19.1 Å². The van der Waals surface area contributed by atoms with Crippen molar-refractivity contribution >= 4 is 46.7 Å². The fourth-order valence-corrected chi connectivity index (χ4v) is 2.57. The van der Waals surface area contributed by atoms with Crippen LogP contribution in [0.15, 0.2) is 42.5 Å². The van der Waals surface area contributed by atoms with Gasteiger partial charge in [0.25, 0.3) is 11.8 Å². The molecule has 2 rings (SSSR count). The van der Waals surface area contributed by atoms with Crippen molar-refractivity contribution in [3.63, 3.8) is 0 Å². The van der Waals surface area contributed by atoms with Crippen LogP contribution in [0, 0.1) is 0 Å². The van der Waals surface area contributed by atoms with Crippen molar-refractivity contribution in [2.45, 2.75) is 6.42 Å². The molecular formula is C18H16Cl2N2O4. The molecule has 2 N–H and O–H groups in total. The lowest BCUT2D eigenvalue weighted by molar-refractivity contribution is -0.146. The molecule has 8 heteroatoms. The number of benzene rings is 2. The number of hydrogen-bond acceptors (Lipinski definition) is 4. The molecule has 2 amide bonds. The number of amides is 2. The normalized spacial score (nSPS) is 10.1. The fraction of sp³-hybridized carbons (Fsp3) is 0.167. The first-order valence-electron chi connectivity index (χ1n) is 7.60. The second-order valence-corrected chi connectivity index (χ2v) is 6.12. The van der Waals surface area contributed by atoms with Crippen molar-refractivity contribution in [2.24, 2.45) is 0 Å². The smallest absolute Gasteiger partial charge is 0.310 e. The van der Waals surface area contributed by atoms with Crippen LogP contribution in [0.5, 0.6) is 0 Å². The largest absolute Gasteiger partial charge is 0.455 e. The van der Waals surface area contributed by atoms with Crippen LogP contribution in [0.3, 0.4) is 0 Å². The van der Waals surface area contributed by atoms with E-state index in [1.54, 1.807) is 30.3 Å². The minimum Gasteiger partial charge on any atom is -0.455 e. The zero-order valence-electron chi connectivity index (χ0n) is 13.8. The van der Waals surface area contributed by atoms with Crippen molar-refractivity contribution in [3.8, 4) is 0 Å². The standard InChI is InChI=1S/C18H16Cl2N2O4/c1-21-18(25)12-3-2-4-14(7-12)22-16(23)10-26-17(24)8-11-5-6-13(19)9-15(11)20/h2-7,9H,8,10H2,1H3,(H,21,25)(H,22,23). The van der Waals surface area contributed by atoms with E-state index in [1.807, 2.05) is 0 Å². The molecular weight excluding hydrogens is 379 g/mol. The van der Waals surface area contributed by atoms with Gasteiger partial charge in [-0.05, 0) is 35.9 Å². The van der Waals surface area contributed by atoms with Crippen molar-refractivity contribution in [2.75, 3.05) is 19.0 Å². The Hall–Kier alpha value is -2.57. The summed E-state index contributed by atoms with van der Waals surface area (Å²) >= 11 is 11.8. The van der Waals surface area contributed by atoms with Gasteiger partial charge in [-0.1, -0.05) is 35.3 Å². The summed E-state index contributed by atoms with van der Waals surface area (Å²) < 4.78 is 4.94. The van der Waals surface area contributed by atoms with Crippen LogP contribution in [0.2, 0.25) is 10.0 Å². The molecule has 0 bridgehead atoms. The monoisotopic (exact) mass is 394 g/mol. The van der Waals surface area contributed by atoms with Gasteiger partial charge in [0, 0.05) is 28.3 Å². The number of anilines is 1. The Morgan fingerprint density at radius 2 is 1.85 bits per heavy atom. The van der Waals surface area contributed by atoms with E-state index in [0.717, 1.165) is 0 Å². The highest BCUT2D eigenvalue weighted by molar-refractivity contribution is 6.35. The van der Waals surface area contributed by atoms with Crippen LogP contribution < -0.4 is 10.6 Å². The van der Waals surface area contributed by atoms with Gasteiger partial charge in [-0.25, -0.2) is 0 Å². The number of esters is 1. The molecule has 136 valence electrons. The molecule has 0 heterocycles. The molecule has 0 atom stereocenters. The summed E-state index contributed by atoms with van der Waals surface area (Å²) in [5.41, 5.74) is 1.38. The van der Waals surface area contributed by atoms with Gasteiger partial charge >= 0.3 is 5.97 Å². The van der Waals surface area contributed by atoms with Crippen molar-refractivity contribution in [1.82, 2.24) is 5.32 Å². The lowest BCUT2D eigenvalue weighted by Crippen LogP contribution is -2.22. The Labute approximate surface area is 160 Å². The zero-order chi connectivity index (χ0) is 19.1. The number of rotatable bonds is 6. The van der Waals surface area contributed by atoms with Gasteiger partial charge in [0.15, 0.2) is 6.61 Å². The predicted octanol–water partition coefficient (Wildman–Crippen LogP) is 3.08. The molecule has 2 aromatic carbocycles. The quantitative estimate of drug-likeness (QED) is 0.737. The molecule has 6 nitrogen and oxygen atoms in total. The van der Waals surface area contributed by atoms with Crippen LogP contribution in [-0.2, 0) is 20.7 Å². The molecule has 0 spiro atoms. The summed E-state index contributed by atoms with van der Waals surface area (Å²) in [5, 5.41) is 5.87. The first-order chi connectivity index (χ1) is 12.4. The summed E-state index contributed by atoms with van der Waals surface area (Å²) in [4.78, 5) is 35.3. The third kappa shape index (κ3) is 5.75. The maximum atomic E-state index is 11.9. The first kappa shape index (κ1) is 19.8. The average Bonchev–Trinajstić information content (AvgIpc) is 2.62. The van der Waals surface area contributed by atoms with Crippen LogP contribution in [0.25, 0.3) is 0 Å². The Kier molecular flexibility index (Phi) is 7.00. The Balaban J connectivity index is 1.86. The van der Waals surface area contributed by atoms with Gasteiger partial charge in [0.2, 0.25) is 0 Å². The molecule has 0 fully saturated rings. The number of carbonyl (C=O) groups is 3. The van der Waals surface area contributed by atoms with Gasteiger partial charge in [-0.15, -0.1) is 0 Å². The first-order valence-corrected chi connectivity index (χ1v) is 8.36. The van der Waals surface area contributed by atoms with Crippen LogP contribution in [0.4, 0.5) is 5.69 Å². The molecule has 2 aromatic rings. The van der Waals surface area contributed by atoms with E-state index in [2.05, 4.69) is 10.6 Å². The molecule has 0 aliphatic rings. The van der Waals surface area contributed by atoms with Crippen LogP contribution in [-0.4, -0.2) is 31.4 Å². The summed E-state index contributed by atoms with van der Waals surface area (Å²) in [5.74, 6) is -1.38. The lowest BCUT2D eigenvalue weighted by Gasteiger charge is -2.08. The molecule has 0 radical (unpaired) electrons. The maximum Gasteiger partial charge on any atom is 0.310 e. The summed E-state index contributed by atoms with van der Waals surface area (Å²) in [6, 6.07) is 11.2. The number of halogens is 2. The average molecular weight is 395 g/mol. The van der Waals surface area contributed by atoms with E-state index in [9.17, 15) is 14.4 Å². The minimum absolute atomic E-state index is 0.0740. The van der Waals surface area contributed by atoms with Gasteiger partial charge in [0.05, 0.1) is 6.42 Å². The Morgan fingerprint density at radius 1 is 1.08 bits per heavy atom. The lowest BCUT2D eigenvalue weighted by atomic mass is 10.1. The molecule has 0 saturated heterocycles. The number of carbonyl (C=O) groups excluding carboxylic acids is 3. The summed E-state index contributed by atoms with van der Waals surface area (Å²) in [6.07, 6.45) is -0.0740. The highest BCUT2D eigenvalue weighted by atomic mass is 35.5. The second-order valence-electron chi connectivity index (χ2n) is 5.28. The third-order valence-corrected chi connectivity index (χ3v) is 3.94. The summed E-state index contributed by atoms with van der Waals surface area (Å²) in [7, 11) is 1.51. The van der Waals surface area contributed by atoms with E-state index in [4.69, 9.17) is 27.9 Å². The molecule has 0 aromatic heterocycles. The number of ether oxygens (including phenoxy) is 1. The van der Waals surface area contributed by atoms with Gasteiger partial charge in [0.1, 0.15) is 0 Å². The SMILES string of the molecule is CNC(=O)c1cccc(NC(=O)COC(=O)Cc2ccc(Cl)cc2Cl)c1. The molecule has 0 aliphatic heterocycles. The number of nitrogens with one attached hydrogen (secondary N) is 2. The van der Waals surface area contributed by atoms with Crippen molar-refractivity contribution in [3.05, 3.63) is 63.6 Å². The fourth-order valence-electron chi connectivity index (χ4n) is 2.10. The zero-order valence-corrected chi connectivity index (χ0v) is 15.4. The maximum absolute atomic E-state index is 11.9. The van der Waals surface area contributed by atoms with E-state index < -0.39 is 18.5 Å². The van der Waals surface area contributed by atoms with Gasteiger partial charge in [-0.2, -0.15) is 0 Å².